The predicted octanol–water partition coefficient (Wildman–Crippen LogP) is 2.45. The molecule has 1 aromatic heterocycles. The van der Waals surface area contributed by atoms with Crippen LogP contribution in [0.3, 0.4) is 0 Å². The molecule has 0 saturated heterocycles. The Morgan fingerprint density at radius 2 is 2.09 bits per heavy atom. The summed E-state index contributed by atoms with van der Waals surface area (Å²) in [6.07, 6.45) is 3.74. The summed E-state index contributed by atoms with van der Waals surface area (Å²) in [6.45, 7) is 3.43. The van der Waals surface area contributed by atoms with E-state index >= 15 is 0 Å². The Labute approximate surface area is 151 Å². The average Bonchev–Trinajstić information content (AvgIpc) is 2.91. The molecule has 0 unspecified atom stereocenters. The molecule has 0 aliphatic rings. The van der Waals surface area contributed by atoms with E-state index in [1.54, 1.807) is 13.2 Å². The van der Waals surface area contributed by atoms with Gasteiger partial charge in [-0.2, -0.15) is 5.10 Å². The van der Waals surface area contributed by atoms with Crippen LogP contribution in [0, 0.1) is 18.6 Å². The molecule has 0 saturated carbocycles. The van der Waals surface area contributed by atoms with E-state index < -0.39 is 11.6 Å². The van der Waals surface area contributed by atoms with Gasteiger partial charge in [0.15, 0.2) is 5.96 Å². The number of guanidine groups is 1. The van der Waals surface area contributed by atoms with Gasteiger partial charge in [0.05, 0.1) is 12.7 Å². The summed E-state index contributed by atoms with van der Waals surface area (Å²) in [7, 11) is 1.62. The molecule has 1 heterocycles. The maximum absolute atomic E-state index is 13.5. The van der Waals surface area contributed by atoms with Gasteiger partial charge in [0.1, 0.15) is 11.6 Å². The third-order valence-corrected chi connectivity index (χ3v) is 3.07. The van der Waals surface area contributed by atoms with Crippen LogP contribution in [0.15, 0.2) is 35.6 Å². The van der Waals surface area contributed by atoms with Crippen molar-refractivity contribution in [1.82, 2.24) is 20.4 Å². The van der Waals surface area contributed by atoms with Gasteiger partial charge in [0, 0.05) is 31.9 Å². The number of rotatable bonds is 5. The van der Waals surface area contributed by atoms with Crippen LogP contribution < -0.4 is 10.6 Å². The molecule has 1 aromatic carbocycles. The van der Waals surface area contributed by atoms with Crippen molar-refractivity contribution in [3.8, 4) is 0 Å². The third kappa shape index (κ3) is 6.12. The van der Waals surface area contributed by atoms with Crippen LogP contribution in [-0.2, 0) is 13.1 Å². The van der Waals surface area contributed by atoms with Gasteiger partial charge in [0.2, 0.25) is 0 Å². The average molecular weight is 435 g/mol. The molecule has 23 heavy (non-hydrogen) atoms. The number of hydrogen-bond donors (Lipinski definition) is 2. The first-order valence-corrected chi connectivity index (χ1v) is 6.96. The van der Waals surface area contributed by atoms with Gasteiger partial charge in [-0.25, -0.2) is 8.78 Å². The Morgan fingerprint density at radius 3 is 2.74 bits per heavy atom. The molecule has 2 rings (SSSR count). The molecule has 0 aliphatic heterocycles. The lowest BCUT2D eigenvalue weighted by molar-refractivity contribution is 0.578. The van der Waals surface area contributed by atoms with Crippen molar-refractivity contribution in [2.45, 2.75) is 20.0 Å². The second-order valence-electron chi connectivity index (χ2n) is 4.87. The maximum Gasteiger partial charge on any atom is 0.191 e. The Balaban J connectivity index is 0.00000264. The highest BCUT2D eigenvalue weighted by Gasteiger charge is 2.05. The van der Waals surface area contributed by atoms with Crippen LogP contribution in [0.4, 0.5) is 8.78 Å². The molecule has 8 heteroatoms. The summed E-state index contributed by atoms with van der Waals surface area (Å²) >= 11 is 0. The molecule has 5 nitrogen and oxygen atoms in total. The number of aliphatic imine (C=N–C) groups is 1. The third-order valence-electron chi connectivity index (χ3n) is 3.07. The predicted molar refractivity (Wildman–Crippen MR) is 96.9 cm³/mol. The van der Waals surface area contributed by atoms with Gasteiger partial charge in [-0.1, -0.05) is 0 Å². The molecular formula is C15H20F2IN5. The zero-order valence-corrected chi connectivity index (χ0v) is 15.3. The second kappa shape index (κ2) is 9.43. The van der Waals surface area contributed by atoms with E-state index in [-0.39, 0.29) is 36.1 Å². The molecular weight excluding hydrogens is 415 g/mol. The highest BCUT2D eigenvalue weighted by atomic mass is 127. The van der Waals surface area contributed by atoms with Crippen molar-refractivity contribution in [3.05, 3.63) is 53.4 Å². The number of aromatic nitrogens is 2. The molecule has 126 valence electrons. The number of nitrogens with one attached hydrogen (secondary N) is 2. The van der Waals surface area contributed by atoms with E-state index in [1.807, 2.05) is 17.8 Å². The molecule has 0 bridgehead atoms. The lowest BCUT2D eigenvalue weighted by atomic mass is 10.2. The Bertz CT molecular complexity index is 657. The Morgan fingerprint density at radius 1 is 1.30 bits per heavy atom. The minimum Gasteiger partial charge on any atom is -0.355 e. The highest BCUT2D eigenvalue weighted by Crippen LogP contribution is 2.08. The summed E-state index contributed by atoms with van der Waals surface area (Å²) in [6, 6.07) is 3.38. The van der Waals surface area contributed by atoms with Crippen LogP contribution >= 0.6 is 24.0 Å². The van der Waals surface area contributed by atoms with Gasteiger partial charge in [-0.15, -0.1) is 24.0 Å². The van der Waals surface area contributed by atoms with E-state index in [4.69, 9.17) is 0 Å². The first-order chi connectivity index (χ1) is 10.6. The smallest absolute Gasteiger partial charge is 0.191 e. The first-order valence-electron chi connectivity index (χ1n) is 6.96. The van der Waals surface area contributed by atoms with Crippen molar-refractivity contribution in [2.24, 2.45) is 4.99 Å². The van der Waals surface area contributed by atoms with Gasteiger partial charge < -0.3 is 10.6 Å². The SMILES string of the molecule is CN=C(NCCn1cc(C)cn1)NCc1cc(F)ccc1F.I. The fourth-order valence-electron chi connectivity index (χ4n) is 1.96. The van der Waals surface area contributed by atoms with Crippen LogP contribution in [-0.4, -0.2) is 29.3 Å². The normalized spacial score (nSPS) is 11.0. The van der Waals surface area contributed by atoms with Gasteiger partial charge >= 0.3 is 0 Å². The maximum atomic E-state index is 13.5. The number of halogens is 3. The first kappa shape index (κ1) is 19.3. The van der Waals surface area contributed by atoms with Crippen molar-refractivity contribution in [1.29, 1.82) is 0 Å². The van der Waals surface area contributed by atoms with Gasteiger partial charge in [-0.05, 0) is 30.7 Å². The zero-order valence-electron chi connectivity index (χ0n) is 13.0. The van der Waals surface area contributed by atoms with Crippen LogP contribution in [0.5, 0.6) is 0 Å². The number of hydrogen-bond acceptors (Lipinski definition) is 2. The quantitative estimate of drug-likeness (QED) is 0.431. The fraction of sp³-hybridized carbons (Fsp3) is 0.333. The van der Waals surface area contributed by atoms with E-state index in [0.717, 1.165) is 17.7 Å². The second-order valence-corrected chi connectivity index (χ2v) is 4.87. The standard InChI is InChI=1S/C15H19F2N5.HI/c1-11-8-21-22(10-11)6-5-19-15(18-2)20-9-12-7-13(16)3-4-14(12)17;/h3-4,7-8,10H,5-6,9H2,1-2H3,(H2,18,19,20);1H. The molecule has 0 radical (unpaired) electrons. The lowest BCUT2D eigenvalue weighted by Gasteiger charge is -2.12. The molecule has 2 N–H and O–H groups in total. The molecule has 0 spiro atoms. The van der Waals surface area contributed by atoms with Crippen molar-refractivity contribution < 1.29 is 8.78 Å². The largest absolute Gasteiger partial charge is 0.355 e. The van der Waals surface area contributed by atoms with Crippen molar-refractivity contribution in [2.75, 3.05) is 13.6 Å². The van der Waals surface area contributed by atoms with Crippen LogP contribution in [0.1, 0.15) is 11.1 Å². The summed E-state index contributed by atoms with van der Waals surface area (Å²) in [5, 5.41) is 10.2. The van der Waals surface area contributed by atoms with Crippen LogP contribution in [0.25, 0.3) is 0 Å². The summed E-state index contributed by atoms with van der Waals surface area (Å²) in [5.41, 5.74) is 1.36. The molecule has 0 aliphatic carbocycles. The monoisotopic (exact) mass is 435 g/mol. The van der Waals surface area contributed by atoms with E-state index in [9.17, 15) is 8.78 Å². The van der Waals surface area contributed by atoms with E-state index in [0.29, 0.717) is 19.0 Å². The summed E-state index contributed by atoms with van der Waals surface area (Å²) in [5.74, 6) is -0.390. The summed E-state index contributed by atoms with van der Waals surface area (Å²) < 4.78 is 28.4. The van der Waals surface area contributed by atoms with Crippen molar-refractivity contribution in [3.63, 3.8) is 0 Å². The molecule has 2 aromatic rings. The molecule has 0 atom stereocenters. The lowest BCUT2D eigenvalue weighted by Crippen LogP contribution is -2.38. The molecule has 0 amide bonds. The van der Waals surface area contributed by atoms with Crippen LogP contribution in [0.2, 0.25) is 0 Å². The highest BCUT2D eigenvalue weighted by molar-refractivity contribution is 14.0. The van der Waals surface area contributed by atoms with E-state index in [1.165, 1.54) is 6.07 Å². The minimum absolute atomic E-state index is 0. The summed E-state index contributed by atoms with van der Waals surface area (Å²) in [4.78, 5) is 4.04. The minimum atomic E-state index is -0.463. The zero-order chi connectivity index (χ0) is 15.9. The Hall–Kier alpha value is -1.71. The topological polar surface area (TPSA) is 54.2 Å². The fourth-order valence-corrected chi connectivity index (χ4v) is 1.96. The number of benzene rings is 1. The number of nitrogens with zero attached hydrogens (tertiary/aromatic N) is 3. The molecule has 0 fully saturated rings. The Kier molecular flexibility index (Phi) is 7.93. The van der Waals surface area contributed by atoms with Gasteiger partial charge in [0.25, 0.3) is 0 Å². The number of aryl methyl sites for hydroxylation is 1. The van der Waals surface area contributed by atoms with Gasteiger partial charge in [-0.3, -0.25) is 9.67 Å². The van der Waals surface area contributed by atoms with E-state index in [2.05, 4.69) is 20.7 Å². The van der Waals surface area contributed by atoms with Crippen molar-refractivity contribution >= 4 is 29.9 Å².